The Morgan fingerprint density at radius 2 is 1.88 bits per heavy atom. The molecule has 2 N–H and O–H groups in total. The first-order valence-electron chi connectivity index (χ1n) is 8.22. The first-order valence-corrected chi connectivity index (χ1v) is 8.22. The maximum atomic E-state index is 12.6. The molecular weight excluding hydrogens is 328 g/mol. The van der Waals surface area contributed by atoms with E-state index in [1.54, 1.807) is 16.8 Å². The van der Waals surface area contributed by atoms with Crippen LogP contribution in [0.25, 0.3) is 16.9 Å². The number of carbonyl (C=O) groups is 1. The van der Waals surface area contributed by atoms with Gasteiger partial charge in [-0.25, -0.2) is 9.97 Å². The predicted octanol–water partition coefficient (Wildman–Crippen LogP) is 2.61. The maximum Gasteiger partial charge on any atom is 0.188 e. The number of aryl methyl sites for hydroxylation is 1. The van der Waals surface area contributed by atoms with Crippen LogP contribution in [0.4, 0.5) is 5.82 Å². The molecule has 0 radical (unpaired) electrons. The summed E-state index contributed by atoms with van der Waals surface area (Å²) in [5, 5.41) is 8.12. The number of fused-ring (bicyclic) bond motifs is 1. The molecule has 7 nitrogen and oxygen atoms in total. The molecule has 7 heteroatoms. The fourth-order valence-electron chi connectivity index (χ4n) is 2.80. The minimum absolute atomic E-state index is 0.0780. The Hall–Kier alpha value is -3.61. The quantitative estimate of drug-likeness (QED) is 0.559. The van der Waals surface area contributed by atoms with E-state index >= 15 is 0 Å². The Morgan fingerprint density at radius 1 is 1.04 bits per heavy atom. The van der Waals surface area contributed by atoms with Crippen molar-refractivity contribution in [2.45, 2.75) is 12.8 Å². The summed E-state index contributed by atoms with van der Waals surface area (Å²) in [5.74, 6) is 0.352. The topological polar surface area (TPSA) is 99.6 Å². The molecule has 4 aromatic rings. The van der Waals surface area contributed by atoms with E-state index < -0.39 is 0 Å². The highest BCUT2D eigenvalue weighted by Gasteiger charge is 2.13. The molecule has 0 aliphatic carbocycles. The lowest BCUT2D eigenvalue weighted by molar-refractivity contribution is 0.0983. The first-order chi connectivity index (χ1) is 12.7. The summed E-state index contributed by atoms with van der Waals surface area (Å²) in [7, 11) is 0. The summed E-state index contributed by atoms with van der Waals surface area (Å²) in [6, 6.07) is 17.2. The SMILES string of the molecule is Nc1ncnc2c1nnn2-c1cccc(C(=O)CCc2ccccc2)c1. The van der Waals surface area contributed by atoms with Gasteiger partial charge in [0.1, 0.15) is 6.33 Å². The molecule has 0 aliphatic rings. The lowest BCUT2D eigenvalue weighted by atomic mass is 10.0. The highest BCUT2D eigenvalue weighted by atomic mass is 16.1. The third-order valence-corrected chi connectivity index (χ3v) is 4.16. The van der Waals surface area contributed by atoms with Gasteiger partial charge in [0.15, 0.2) is 22.8 Å². The van der Waals surface area contributed by atoms with Gasteiger partial charge in [0, 0.05) is 12.0 Å². The molecule has 128 valence electrons. The largest absolute Gasteiger partial charge is 0.382 e. The molecule has 0 unspecified atom stereocenters. The number of rotatable bonds is 5. The van der Waals surface area contributed by atoms with Crippen molar-refractivity contribution in [2.75, 3.05) is 5.73 Å². The Balaban J connectivity index is 1.60. The number of nitrogens with zero attached hydrogens (tertiary/aromatic N) is 5. The second-order valence-electron chi connectivity index (χ2n) is 5.89. The normalized spacial score (nSPS) is 10.9. The van der Waals surface area contributed by atoms with E-state index in [2.05, 4.69) is 20.3 Å². The number of hydrogen-bond acceptors (Lipinski definition) is 6. The number of carbonyl (C=O) groups excluding carboxylic acids is 1. The van der Waals surface area contributed by atoms with Gasteiger partial charge in [0.25, 0.3) is 0 Å². The van der Waals surface area contributed by atoms with Gasteiger partial charge in [-0.1, -0.05) is 47.7 Å². The molecule has 2 aromatic carbocycles. The van der Waals surface area contributed by atoms with Gasteiger partial charge in [-0.05, 0) is 24.1 Å². The van der Waals surface area contributed by atoms with Crippen molar-refractivity contribution in [1.82, 2.24) is 25.0 Å². The number of hydrogen-bond donors (Lipinski definition) is 1. The lowest BCUT2D eigenvalue weighted by Crippen LogP contribution is -2.04. The van der Waals surface area contributed by atoms with Crippen LogP contribution in [0.3, 0.4) is 0 Å². The van der Waals surface area contributed by atoms with Gasteiger partial charge in [-0.3, -0.25) is 4.79 Å². The zero-order chi connectivity index (χ0) is 17.9. The fourth-order valence-corrected chi connectivity index (χ4v) is 2.80. The minimum Gasteiger partial charge on any atom is -0.382 e. The zero-order valence-corrected chi connectivity index (χ0v) is 13.9. The zero-order valence-electron chi connectivity index (χ0n) is 13.9. The maximum absolute atomic E-state index is 12.6. The molecule has 2 aromatic heterocycles. The van der Waals surface area contributed by atoms with Gasteiger partial charge >= 0.3 is 0 Å². The average molecular weight is 344 g/mol. The van der Waals surface area contributed by atoms with Crippen molar-refractivity contribution in [3.63, 3.8) is 0 Å². The number of nitrogens with two attached hydrogens (primary N) is 1. The molecule has 0 amide bonds. The van der Waals surface area contributed by atoms with E-state index in [-0.39, 0.29) is 11.6 Å². The second kappa shape index (κ2) is 6.72. The van der Waals surface area contributed by atoms with Gasteiger partial charge < -0.3 is 5.73 Å². The standard InChI is InChI=1S/C19H16N6O/c20-18-17-19(22-12-21-18)25(24-23-17)15-8-4-7-14(11-15)16(26)10-9-13-5-2-1-3-6-13/h1-8,11-12H,9-10H2,(H2,20,21,22). The van der Waals surface area contributed by atoms with Crippen molar-refractivity contribution in [3.8, 4) is 5.69 Å². The van der Waals surface area contributed by atoms with E-state index in [0.29, 0.717) is 35.3 Å². The van der Waals surface area contributed by atoms with Gasteiger partial charge in [0.2, 0.25) is 0 Å². The molecule has 0 aliphatic heterocycles. The monoisotopic (exact) mass is 344 g/mol. The minimum atomic E-state index is 0.0780. The summed E-state index contributed by atoms with van der Waals surface area (Å²) in [5.41, 5.74) is 9.22. The van der Waals surface area contributed by atoms with E-state index in [9.17, 15) is 4.79 Å². The third-order valence-electron chi connectivity index (χ3n) is 4.16. The third kappa shape index (κ3) is 3.02. The van der Waals surface area contributed by atoms with Crippen LogP contribution in [-0.4, -0.2) is 30.7 Å². The van der Waals surface area contributed by atoms with Crippen molar-refractivity contribution in [3.05, 3.63) is 72.1 Å². The molecule has 0 saturated carbocycles. The summed E-state index contributed by atoms with van der Waals surface area (Å²) in [6.07, 6.45) is 2.52. The molecule has 26 heavy (non-hydrogen) atoms. The number of aromatic nitrogens is 5. The lowest BCUT2D eigenvalue weighted by Gasteiger charge is -2.05. The van der Waals surface area contributed by atoms with Crippen LogP contribution in [0.2, 0.25) is 0 Å². The Labute approximate surface area is 149 Å². The van der Waals surface area contributed by atoms with Crippen molar-refractivity contribution >= 4 is 22.8 Å². The van der Waals surface area contributed by atoms with Crippen molar-refractivity contribution in [2.24, 2.45) is 0 Å². The van der Waals surface area contributed by atoms with Crippen molar-refractivity contribution < 1.29 is 4.79 Å². The van der Waals surface area contributed by atoms with Gasteiger partial charge in [0.05, 0.1) is 5.69 Å². The number of nitrogen functional groups attached to an aromatic ring is 1. The molecule has 0 spiro atoms. The van der Waals surface area contributed by atoms with Crippen molar-refractivity contribution in [1.29, 1.82) is 0 Å². The van der Waals surface area contributed by atoms with E-state index in [1.807, 2.05) is 42.5 Å². The van der Waals surface area contributed by atoms with Crippen LogP contribution in [-0.2, 0) is 6.42 Å². The molecule has 0 fully saturated rings. The Bertz CT molecular complexity index is 1070. The van der Waals surface area contributed by atoms with E-state index in [1.165, 1.54) is 6.33 Å². The van der Waals surface area contributed by atoms with E-state index in [0.717, 1.165) is 5.56 Å². The molecular formula is C19H16N6O. The van der Waals surface area contributed by atoms with E-state index in [4.69, 9.17) is 5.73 Å². The predicted molar refractivity (Wildman–Crippen MR) is 98.0 cm³/mol. The van der Waals surface area contributed by atoms with Gasteiger partial charge in [-0.15, -0.1) is 5.10 Å². The summed E-state index contributed by atoms with van der Waals surface area (Å²) >= 11 is 0. The highest BCUT2D eigenvalue weighted by Crippen LogP contribution is 2.19. The number of Topliss-reactive ketones (excluding diaryl/α,β-unsaturated/α-hetero) is 1. The average Bonchev–Trinajstić information content (AvgIpc) is 3.12. The van der Waals surface area contributed by atoms with Crippen LogP contribution in [0.15, 0.2) is 60.9 Å². The second-order valence-corrected chi connectivity index (χ2v) is 5.89. The highest BCUT2D eigenvalue weighted by molar-refractivity contribution is 5.96. The smallest absolute Gasteiger partial charge is 0.188 e. The summed E-state index contributed by atoms with van der Waals surface area (Å²) in [4.78, 5) is 20.7. The Kier molecular flexibility index (Phi) is 4.10. The fraction of sp³-hybridized carbons (Fsp3) is 0.105. The van der Waals surface area contributed by atoms with Crippen LogP contribution in [0, 0.1) is 0 Å². The van der Waals surface area contributed by atoms with Crippen LogP contribution < -0.4 is 5.73 Å². The molecule has 0 saturated heterocycles. The Morgan fingerprint density at radius 3 is 2.73 bits per heavy atom. The van der Waals surface area contributed by atoms with Crippen LogP contribution in [0.5, 0.6) is 0 Å². The molecule has 0 atom stereocenters. The summed E-state index contributed by atoms with van der Waals surface area (Å²) in [6.45, 7) is 0. The van der Waals surface area contributed by atoms with Crippen LogP contribution >= 0.6 is 0 Å². The molecule has 2 heterocycles. The van der Waals surface area contributed by atoms with Gasteiger partial charge in [-0.2, -0.15) is 4.68 Å². The number of anilines is 1. The first kappa shape index (κ1) is 15.9. The molecule has 4 rings (SSSR count). The summed E-state index contributed by atoms with van der Waals surface area (Å²) < 4.78 is 1.56. The molecule has 0 bridgehead atoms. The number of ketones is 1. The van der Waals surface area contributed by atoms with Crippen LogP contribution in [0.1, 0.15) is 22.3 Å². The number of benzene rings is 2.